The fourth-order valence-corrected chi connectivity index (χ4v) is 3.35. The smallest absolute Gasteiger partial charge is 0.255 e. The molecule has 0 aromatic heterocycles. The molecule has 1 saturated heterocycles. The second-order valence-corrected chi connectivity index (χ2v) is 6.16. The van der Waals surface area contributed by atoms with Crippen molar-refractivity contribution in [3.63, 3.8) is 0 Å². The summed E-state index contributed by atoms with van der Waals surface area (Å²) in [6.07, 6.45) is 1.78. The van der Waals surface area contributed by atoms with Gasteiger partial charge < -0.3 is 15.5 Å². The number of hydrogen-bond donors (Lipinski definition) is 2. The first kappa shape index (κ1) is 15.6. The number of halogens is 2. The zero-order valence-corrected chi connectivity index (χ0v) is 13.2. The minimum absolute atomic E-state index is 0.0665. The summed E-state index contributed by atoms with van der Waals surface area (Å²) in [6.45, 7) is 0.811. The van der Waals surface area contributed by atoms with E-state index >= 15 is 0 Å². The Kier molecular flexibility index (Phi) is 3.63. The molecule has 0 radical (unpaired) electrons. The molecular formula is C18H15F2N3O2. The van der Waals surface area contributed by atoms with Crippen LogP contribution in [0.1, 0.15) is 23.2 Å². The van der Waals surface area contributed by atoms with Crippen LogP contribution in [-0.2, 0) is 4.79 Å². The number of hydrogen-bond acceptors (Lipinski definition) is 3. The second-order valence-electron chi connectivity index (χ2n) is 6.16. The van der Waals surface area contributed by atoms with Crippen molar-refractivity contribution in [1.82, 2.24) is 0 Å². The largest absolute Gasteiger partial charge is 0.358 e. The molecule has 2 heterocycles. The lowest BCUT2D eigenvalue weighted by atomic mass is 10.1. The summed E-state index contributed by atoms with van der Waals surface area (Å²) in [5, 5.41) is 5.36. The summed E-state index contributed by atoms with van der Waals surface area (Å²) in [7, 11) is 0. The van der Waals surface area contributed by atoms with E-state index in [0.717, 1.165) is 37.2 Å². The molecule has 2 amide bonds. The molecule has 0 spiro atoms. The van der Waals surface area contributed by atoms with Crippen LogP contribution in [0.4, 0.5) is 25.8 Å². The number of benzene rings is 2. The lowest BCUT2D eigenvalue weighted by molar-refractivity contribution is -0.117. The predicted octanol–water partition coefficient (Wildman–Crippen LogP) is 3.14. The molecule has 4 rings (SSSR count). The first-order chi connectivity index (χ1) is 12.0. The first-order valence-electron chi connectivity index (χ1n) is 8.01. The highest BCUT2D eigenvalue weighted by Gasteiger charge is 2.36. The van der Waals surface area contributed by atoms with Crippen LogP contribution < -0.4 is 15.5 Å². The average molecular weight is 343 g/mol. The van der Waals surface area contributed by atoms with E-state index < -0.39 is 17.5 Å². The van der Waals surface area contributed by atoms with Crippen molar-refractivity contribution in [1.29, 1.82) is 0 Å². The van der Waals surface area contributed by atoms with Gasteiger partial charge in [-0.25, -0.2) is 8.78 Å². The van der Waals surface area contributed by atoms with Crippen LogP contribution in [-0.4, -0.2) is 24.4 Å². The molecule has 2 aliphatic rings. The van der Waals surface area contributed by atoms with Gasteiger partial charge >= 0.3 is 0 Å². The molecule has 1 fully saturated rings. The average Bonchev–Trinajstić information content (AvgIpc) is 3.08. The van der Waals surface area contributed by atoms with E-state index in [-0.39, 0.29) is 17.6 Å². The Morgan fingerprint density at radius 1 is 1.16 bits per heavy atom. The van der Waals surface area contributed by atoms with Crippen LogP contribution in [0.3, 0.4) is 0 Å². The van der Waals surface area contributed by atoms with Gasteiger partial charge in [-0.2, -0.15) is 0 Å². The third-order valence-corrected chi connectivity index (χ3v) is 4.56. The standard InChI is InChI=1S/C18H15F2N3O2/c19-12-5-4-11(9-13(12)20)21-17(24)10-3-6-15-14(8-10)22-18(25)16-2-1-7-23(15)16/h3-6,8-9,16H,1-2,7H2,(H,21,24)(H,22,25). The Labute approximate surface area is 142 Å². The van der Waals surface area contributed by atoms with E-state index in [0.29, 0.717) is 11.3 Å². The number of anilines is 3. The molecule has 0 aliphatic carbocycles. The Bertz CT molecular complexity index is 885. The molecule has 2 aromatic carbocycles. The van der Waals surface area contributed by atoms with Crippen LogP contribution in [0.15, 0.2) is 36.4 Å². The van der Waals surface area contributed by atoms with Gasteiger partial charge in [0.2, 0.25) is 5.91 Å². The number of carbonyl (C=O) groups is 2. The predicted molar refractivity (Wildman–Crippen MR) is 89.8 cm³/mol. The third-order valence-electron chi connectivity index (χ3n) is 4.56. The number of nitrogens with one attached hydrogen (secondary N) is 2. The van der Waals surface area contributed by atoms with E-state index in [9.17, 15) is 18.4 Å². The van der Waals surface area contributed by atoms with Crippen molar-refractivity contribution in [2.24, 2.45) is 0 Å². The number of fused-ring (bicyclic) bond motifs is 3. The van der Waals surface area contributed by atoms with Crippen LogP contribution in [0.5, 0.6) is 0 Å². The van der Waals surface area contributed by atoms with Gasteiger partial charge in [-0.05, 0) is 43.2 Å². The van der Waals surface area contributed by atoms with E-state index in [1.165, 1.54) is 6.07 Å². The van der Waals surface area contributed by atoms with Crippen LogP contribution in [0.2, 0.25) is 0 Å². The normalized spacial score (nSPS) is 18.4. The zero-order valence-electron chi connectivity index (χ0n) is 13.2. The maximum atomic E-state index is 13.2. The topological polar surface area (TPSA) is 61.4 Å². The van der Waals surface area contributed by atoms with Gasteiger partial charge in [0.25, 0.3) is 5.91 Å². The quantitative estimate of drug-likeness (QED) is 0.881. The van der Waals surface area contributed by atoms with Crippen molar-refractivity contribution < 1.29 is 18.4 Å². The number of rotatable bonds is 2. The summed E-state index contributed by atoms with van der Waals surface area (Å²) < 4.78 is 26.2. The Morgan fingerprint density at radius 2 is 2.00 bits per heavy atom. The maximum absolute atomic E-state index is 13.2. The number of nitrogens with zero attached hydrogens (tertiary/aromatic N) is 1. The molecule has 2 N–H and O–H groups in total. The molecule has 2 aliphatic heterocycles. The second kappa shape index (κ2) is 5.84. The van der Waals surface area contributed by atoms with Crippen LogP contribution in [0.25, 0.3) is 0 Å². The SMILES string of the molecule is O=C(Nc1ccc(F)c(F)c1)c1ccc2c(c1)NC(=O)C1CCCN21. The molecule has 0 bridgehead atoms. The van der Waals surface area contributed by atoms with Crippen molar-refractivity contribution in [2.45, 2.75) is 18.9 Å². The van der Waals surface area contributed by atoms with Gasteiger partial charge in [0.05, 0.1) is 11.4 Å². The molecule has 0 saturated carbocycles. The first-order valence-corrected chi connectivity index (χ1v) is 8.01. The van der Waals surface area contributed by atoms with Gasteiger partial charge in [0.1, 0.15) is 6.04 Å². The Morgan fingerprint density at radius 3 is 2.80 bits per heavy atom. The summed E-state index contributed by atoms with van der Waals surface area (Å²) in [5.74, 6) is -2.54. The highest BCUT2D eigenvalue weighted by Crippen LogP contribution is 2.37. The summed E-state index contributed by atoms with van der Waals surface area (Å²) in [4.78, 5) is 26.5. The molecule has 25 heavy (non-hydrogen) atoms. The van der Waals surface area contributed by atoms with Crippen molar-refractivity contribution in [3.8, 4) is 0 Å². The van der Waals surface area contributed by atoms with Crippen LogP contribution >= 0.6 is 0 Å². The summed E-state index contributed by atoms with van der Waals surface area (Å²) >= 11 is 0. The summed E-state index contributed by atoms with van der Waals surface area (Å²) in [6, 6.07) is 8.05. The lowest BCUT2D eigenvalue weighted by Gasteiger charge is -2.33. The van der Waals surface area contributed by atoms with Crippen LogP contribution in [0, 0.1) is 11.6 Å². The van der Waals surface area contributed by atoms with E-state index in [1.54, 1.807) is 18.2 Å². The molecule has 128 valence electrons. The number of carbonyl (C=O) groups excluding carboxylic acids is 2. The van der Waals surface area contributed by atoms with Gasteiger partial charge in [-0.15, -0.1) is 0 Å². The molecule has 1 atom stereocenters. The fraction of sp³-hybridized carbons (Fsp3) is 0.222. The Hall–Kier alpha value is -2.96. The number of amides is 2. The summed E-state index contributed by atoms with van der Waals surface area (Å²) in [5.41, 5.74) is 1.96. The zero-order chi connectivity index (χ0) is 17.6. The van der Waals surface area contributed by atoms with Crippen molar-refractivity contribution in [2.75, 3.05) is 22.1 Å². The van der Waals surface area contributed by atoms with Crippen molar-refractivity contribution >= 4 is 28.9 Å². The molecular weight excluding hydrogens is 328 g/mol. The Balaban J connectivity index is 1.59. The van der Waals surface area contributed by atoms with E-state index in [2.05, 4.69) is 10.6 Å². The van der Waals surface area contributed by atoms with E-state index in [4.69, 9.17) is 0 Å². The third kappa shape index (κ3) is 2.71. The van der Waals surface area contributed by atoms with Gasteiger partial charge in [-0.1, -0.05) is 0 Å². The fourth-order valence-electron chi connectivity index (χ4n) is 3.35. The van der Waals surface area contributed by atoms with Crippen molar-refractivity contribution in [3.05, 3.63) is 53.6 Å². The minimum atomic E-state index is -1.03. The highest BCUT2D eigenvalue weighted by atomic mass is 19.2. The maximum Gasteiger partial charge on any atom is 0.255 e. The van der Waals surface area contributed by atoms with Gasteiger partial charge in [0, 0.05) is 23.9 Å². The molecule has 7 heteroatoms. The molecule has 2 aromatic rings. The minimum Gasteiger partial charge on any atom is -0.358 e. The van der Waals surface area contributed by atoms with Gasteiger partial charge in [-0.3, -0.25) is 9.59 Å². The monoisotopic (exact) mass is 343 g/mol. The lowest BCUT2D eigenvalue weighted by Crippen LogP contribution is -2.43. The molecule has 5 nitrogen and oxygen atoms in total. The highest BCUT2D eigenvalue weighted by molar-refractivity contribution is 6.08. The molecule has 1 unspecified atom stereocenters. The van der Waals surface area contributed by atoms with Gasteiger partial charge in [0.15, 0.2) is 11.6 Å². The van der Waals surface area contributed by atoms with E-state index in [1.807, 2.05) is 4.90 Å².